The minimum absolute atomic E-state index is 0.242. The molecule has 2 aromatic carbocycles. The van der Waals surface area contributed by atoms with Gasteiger partial charge in [0.15, 0.2) is 0 Å². The average molecular weight is 399 g/mol. The van der Waals surface area contributed by atoms with Crippen LogP contribution in [0.15, 0.2) is 42.5 Å². The van der Waals surface area contributed by atoms with Crippen LogP contribution in [0, 0.1) is 9.39 Å². The predicted octanol–water partition coefficient (Wildman–Crippen LogP) is 3.95. The third-order valence-corrected chi connectivity index (χ3v) is 4.10. The van der Waals surface area contributed by atoms with Crippen molar-refractivity contribution in [3.8, 4) is 0 Å². The maximum absolute atomic E-state index is 13.5. The highest BCUT2D eigenvalue weighted by atomic mass is 127. The van der Waals surface area contributed by atoms with Gasteiger partial charge in [0.1, 0.15) is 5.82 Å². The molecule has 0 saturated carbocycles. The monoisotopic (exact) mass is 399 g/mol. The summed E-state index contributed by atoms with van der Waals surface area (Å²) >= 11 is 1.94. The number of nitrogens with one attached hydrogen (secondary N) is 1. The van der Waals surface area contributed by atoms with Crippen LogP contribution in [0.25, 0.3) is 0 Å². The summed E-state index contributed by atoms with van der Waals surface area (Å²) in [5.74, 6) is -0.242. The summed E-state index contributed by atoms with van der Waals surface area (Å²) < 4.78 is 14.0. The SMILES string of the molecule is CN(CCCNc1cc(F)c(I)cc1N)c1ccccc1. The zero-order valence-corrected chi connectivity index (χ0v) is 14.1. The molecule has 2 aromatic rings. The standard InChI is InChI=1S/C16H19FIN3/c1-21(12-6-3-2-4-7-12)9-5-8-20-16-10-13(17)14(18)11-15(16)19/h2-4,6-7,10-11,20H,5,8-9,19H2,1H3. The second kappa shape index (κ2) is 7.49. The van der Waals surface area contributed by atoms with Crippen LogP contribution in [0.4, 0.5) is 21.5 Å². The van der Waals surface area contributed by atoms with Crippen LogP contribution in [0.3, 0.4) is 0 Å². The van der Waals surface area contributed by atoms with Gasteiger partial charge in [-0.15, -0.1) is 0 Å². The van der Waals surface area contributed by atoms with Crippen LogP contribution in [0.5, 0.6) is 0 Å². The fourth-order valence-corrected chi connectivity index (χ4v) is 2.56. The number of rotatable bonds is 6. The molecule has 0 spiro atoms. The Morgan fingerprint density at radius 2 is 1.95 bits per heavy atom. The highest BCUT2D eigenvalue weighted by Crippen LogP contribution is 2.24. The van der Waals surface area contributed by atoms with Crippen molar-refractivity contribution in [1.82, 2.24) is 0 Å². The lowest BCUT2D eigenvalue weighted by atomic mass is 10.2. The third-order valence-electron chi connectivity index (χ3n) is 3.28. The van der Waals surface area contributed by atoms with Crippen molar-refractivity contribution in [2.45, 2.75) is 6.42 Å². The molecule has 112 valence electrons. The molecule has 21 heavy (non-hydrogen) atoms. The Kier molecular flexibility index (Phi) is 5.67. The quantitative estimate of drug-likeness (QED) is 0.439. The highest BCUT2D eigenvalue weighted by Gasteiger charge is 2.05. The van der Waals surface area contributed by atoms with Crippen molar-refractivity contribution in [2.24, 2.45) is 0 Å². The van der Waals surface area contributed by atoms with Crippen molar-refractivity contribution in [3.05, 3.63) is 51.9 Å². The lowest BCUT2D eigenvalue weighted by Gasteiger charge is -2.19. The van der Waals surface area contributed by atoms with E-state index in [1.807, 2.05) is 40.8 Å². The van der Waals surface area contributed by atoms with Crippen molar-refractivity contribution in [3.63, 3.8) is 0 Å². The van der Waals surface area contributed by atoms with Crippen molar-refractivity contribution >= 4 is 39.7 Å². The topological polar surface area (TPSA) is 41.3 Å². The van der Waals surface area contributed by atoms with Crippen LogP contribution >= 0.6 is 22.6 Å². The molecule has 0 atom stereocenters. The molecule has 5 heteroatoms. The lowest BCUT2D eigenvalue weighted by Crippen LogP contribution is -2.20. The van der Waals surface area contributed by atoms with Gasteiger partial charge < -0.3 is 16.0 Å². The zero-order valence-electron chi connectivity index (χ0n) is 11.9. The van der Waals surface area contributed by atoms with E-state index in [4.69, 9.17) is 5.73 Å². The number of anilines is 3. The molecule has 0 radical (unpaired) electrons. The first-order valence-electron chi connectivity index (χ1n) is 6.82. The summed E-state index contributed by atoms with van der Waals surface area (Å²) in [5.41, 5.74) is 8.31. The predicted molar refractivity (Wildman–Crippen MR) is 96.3 cm³/mol. The van der Waals surface area contributed by atoms with E-state index in [1.165, 1.54) is 11.8 Å². The van der Waals surface area contributed by atoms with Crippen molar-refractivity contribution in [1.29, 1.82) is 0 Å². The first kappa shape index (κ1) is 15.9. The average Bonchev–Trinajstić information content (AvgIpc) is 2.49. The Bertz CT molecular complexity index is 590. The maximum Gasteiger partial charge on any atom is 0.138 e. The molecule has 0 amide bonds. The van der Waals surface area contributed by atoms with Gasteiger partial charge in [-0.25, -0.2) is 4.39 Å². The summed E-state index contributed by atoms with van der Waals surface area (Å²) in [6.07, 6.45) is 0.943. The van der Waals surface area contributed by atoms with Gasteiger partial charge in [-0.05, 0) is 47.2 Å². The van der Waals surface area contributed by atoms with E-state index in [2.05, 4.69) is 29.4 Å². The molecular formula is C16H19FIN3. The van der Waals surface area contributed by atoms with E-state index >= 15 is 0 Å². The molecule has 0 aromatic heterocycles. The van der Waals surface area contributed by atoms with E-state index in [0.29, 0.717) is 14.9 Å². The maximum atomic E-state index is 13.5. The van der Waals surface area contributed by atoms with Crippen LogP contribution in [-0.4, -0.2) is 20.1 Å². The normalized spacial score (nSPS) is 10.4. The molecule has 0 unspecified atom stereocenters. The Balaban J connectivity index is 1.81. The van der Waals surface area contributed by atoms with Gasteiger partial charge in [0.05, 0.1) is 14.9 Å². The van der Waals surface area contributed by atoms with E-state index in [0.717, 1.165) is 19.5 Å². The zero-order chi connectivity index (χ0) is 15.2. The molecule has 0 saturated heterocycles. The van der Waals surface area contributed by atoms with Crippen LogP contribution in [-0.2, 0) is 0 Å². The van der Waals surface area contributed by atoms with Crippen LogP contribution in [0.2, 0.25) is 0 Å². The fourth-order valence-electron chi connectivity index (χ4n) is 2.07. The summed E-state index contributed by atoms with van der Waals surface area (Å²) in [7, 11) is 2.06. The molecule has 3 N–H and O–H groups in total. The fraction of sp³-hybridized carbons (Fsp3) is 0.250. The molecule has 2 rings (SSSR count). The van der Waals surface area contributed by atoms with Crippen molar-refractivity contribution < 1.29 is 4.39 Å². The van der Waals surface area contributed by atoms with E-state index in [9.17, 15) is 4.39 Å². The van der Waals surface area contributed by atoms with Crippen molar-refractivity contribution in [2.75, 3.05) is 36.1 Å². The molecule has 3 nitrogen and oxygen atoms in total. The molecule has 0 bridgehead atoms. The summed E-state index contributed by atoms with van der Waals surface area (Å²) in [6.45, 7) is 1.67. The Labute approximate surface area is 138 Å². The number of hydrogen-bond acceptors (Lipinski definition) is 3. The molecule has 0 aliphatic heterocycles. The molecule has 0 heterocycles. The smallest absolute Gasteiger partial charge is 0.138 e. The number of hydrogen-bond donors (Lipinski definition) is 2. The largest absolute Gasteiger partial charge is 0.397 e. The van der Waals surface area contributed by atoms with Gasteiger partial charge in [-0.1, -0.05) is 18.2 Å². The molecule has 0 fully saturated rings. The summed E-state index contributed by atoms with van der Waals surface area (Å²) in [5, 5.41) is 3.19. The number of nitrogens with two attached hydrogens (primary N) is 1. The summed E-state index contributed by atoms with van der Waals surface area (Å²) in [6, 6.07) is 13.3. The highest BCUT2D eigenvalue weighted by molar-refractivity contribution is 14.1. The van der Waals surface area contributed by atoms with Gasteiger partial charge in [0.25, 0.3) is 0 Å². The van der Waals surface area contributed by atoms with Gasteiger partial charge in [-0.3, -0.25) is 0 Å². The number of benzene rings is 2. The third kappa shape index (κ3) is 4.49. The number of halogens is 2. The second-order valence-corrected chi connectivity index (χ2v) is 6.05. The minimum Gasteiger partial charge on any atom is -0.397 e. The minimum atomic E-state index is -0.242. The van der Waals surface area contributed by atoms with Gasteiger partial charge >= 0.3 is 0 Å². The van der Waals surface area contributed by atoms with E-state index in [1.54, 1.807) is 6.07 Å². The lowest BCUT2D eigenvalue weighted by molar-refractivity contribution is 0.621. The van der Waals surface area contributed by atoms with Gasteiger partial charge in [0.2, 0.25) is 0 Å². The van der Waals surface area contributed by atoms with Gasteiger partial charge in [-0.2, -0.15) is 0 Å². The van der Waals surface area contributed by atoms with Gasteiger partial charge in [0, 0.05) is 31.9 Å². The first-order chi connectivity index (χ1) is 10.1. The Hall–Kier alpha value is -1.50. The number of nitrogens with zero attached hydrogens (tertiary/aromatic N) is 1. The Morgan fingerprint density at radius 1 is 1.24 bits per heavy atom. The number of para-hydroxylation sites is 1. The molecule has 0 aliphatic rings. The number of nitrogen functional groups attached to an aromatic ring is 1. The molecule has 0 aliphatic carbocycles. The molecular weight excluding hydrogens is 380 g/mol. The van der Waals surface area contributed by atoms with Crippen LogP contribution < -0.4 is 16.0 Å². The Morgan fingerprint density at radius 3 is 2.67 bits per heavy atom. The second-order valence-electron chi connectivity index (χ2n) is 4.89. The van der Waals surface area contributed by atoms with E-state index in [-0.39, 0.29) is 5.82 Å². The van der Waals surface area contributed by atoms with Crippen LogP contribution in [0.1, 0.15) is 6.42 Å². The first-order valence-corrected chi connectivity index (χ1v) is 7.90. The van der Waals surface area contributed by atoms with E-state index < -0.39 is 0 Å². The summed E-state index contributed by atoms with van der Waals surface area (Å²) in [4.78, 5) is 2.19.